The van der Waals surface area contributed by atoms with Gasteiger partial charge in [-0.05, 0) is 25.8 Å². The molecule has 1 heterocycles. The summed E-state index contributed by atoms with van der Waals surface area (Å²) < 4.78 is 11.6. The Kier molecular flexibility index (Phi) is 5.44. The van der Waals surface area contributed by atoms with Crippen molar-refractivity contribution in [1.82, 2.24) is 0 Å². The van der Waals surface area contributed by atoms with E-state index >= 15 is 0 Å². The van der Waals surface area contributed by atoms with Gasteiger partial charge in [-0.3, -0.25) is 0 Å². The van der Waals surface area contributed by atoms with Crippen LogP contribution >= 0.6 is 0 Å². The topological polar surface area (TPSA) is 18.5 Å². The first kappa shape index (κ1) is 11.9. The Morgan fingerprint density at radius 1 is 1.57 bits per heavy atom. The first-order valence-electron chi connectivity index (χ1n) is 5.48. The van der Waals surface area contributed by atoms with Crippen molar-refractivity contribution in [2.75, 3.05) is 13.2 Å². The van der Waals surface area contributed by atoms with Gasteiger partial charge in [0.2, 0.25) is 9.04 Å². The van der Waals surface area contributed by atoms with Crippen LogP contribution in [0.4, 0.5) is 0 Å². The van der Waals surface area contributed by atoms with Gasteiger partial charge >= 0.3 is 0 Å². The second-order valence-corrected chi connectivity index (χ2v) is 6.30. The van der Waals surface area contributed by atoms with Crippen LogP contribution in [-0.2, 0) is 9.16 Å². The molecule has 0 saturated carbocycles. The van der Waals surface area contributed by atoms with E-state index in [1.807, 2.05) is 6.92 Å². The van der Waals surface area contributed by atoms with Crippen LogP contribution in [0.2, 0.25) is 6.04 Å². The quantitative estimate of drug-likeness (QED) is 0.516. The zero-order valence-electron chi connectivity index (χ0n) is 9.34. The molecule has 1 atom stereocenters. The lowest BCUT2D eigenvalue weighted by atomic mass is 10.4. The summed E-state index contributed by atoms with van der Waals surface area (Å²) in [6.45, 7) is 9.67. The molecule has 0 aliphatic carbocycles. The van der Waals surface area contributed by atoms with E-state index in [2.05, 4.69) is 13.5 Å². The Hall–Kier alpha value is -0.123. The van der Waals surface area contributed by atoms with Gasteiger partial charge in [0.05, 0.1) is 12.3 Å². The lowest BCUT2D eigenvalue weighted by Crippen LogP contribution is -2.38. The maximum Gasteiger partial charge on any atom is 0.241 e. The highest BCUT2D eigenvalue weighted by atomic mass is 28.3. The average Bonchev–Trinajstić information content (AvgIpc) is 2.20. The van der Waals surface area contributed by atoms with Crippen LogP contribution in [0.25, 0.3) is 0 Å². The molecule has 0 N–H and O–H groups in total. The smallest absolute Gasteiger partial charge is 0.241 e. The maximum absolute atomic E-state index is 5.81. The minimum atomic E-state index is -0.696. The molecule has 0 bridgehead atoms. The van der Waals surface area contributed by atoms with Gasteiger partial charge < -0.3 is 9.16 Å². The summed E-state index contributed by atoms with van der Waals surface area (Å²) in [7, 11) is -0.696. The fraction of sp³-hybridized carbons (Fsp3) is 0.818. The van der Waals surface area contributed by atoms with Crippen LogP contribution in [0.15, 0.2) is 12.2 Å². The van der Waals surface area contributed by atoms with Gasteiger partial charge in [-0.25, -0.2) is 0 Å². The van der Waals surface area contributed by atoms with E-state index in [1.165, 1.54) is 18.9 Å². The summed E-state index contributed by atoms with van der Waals surface area (Å²) in [6, 6.07) is 1.25. The Balaban J connectivity index is 2.31. The molecule has 14 heavy (non-hydrogen) atoms. The predicted molar refractivity (Wildman–Crippen MR) is 60.6 cm³/mol. The fourth-order valence-electron chi connectivity index (χ4n) is 1.61. The highest BCUT2D eigenvalue weighted by Gasteiger charge is 2.27. The maximum atomic E-state index is 5.81. The van der Waals surface area contributed by atoms with E-state index in [9.17, 15) is 0 Å². The normalized spacial score (nSPS) is 20.7. The van der Waals surface area contributed by atoms with Gasteiger partial charge in [0.25, 0.3) is 0 Å². The fourth-order valence-corrected chi connectivity index (χ4v) is 3.99. The van der Waals surface area contributed by atoms with Gasteiger partial charge in [-0.1, -0.05) is 25.5 Å². The van der Waals surface area contributed by atoms with Crippen LogP contribution in [0.3, 0.4) is 0 Å². The molecule has 0 amide bonds. The van der Waals surface area contributed by atoms with E-state index in [0.29, 0.717) is 12.3 Å². The zero-order valence-corrected chi connectivity index (χ0v) is 10.3. The van der Waals surface area contributed by atoms with Crippen LogP contribution in [0.1, 0.15) is 33.1 Å². The molecule has 3 heteroatoms. The number of ether oxygens (including phenoxy) is 1. The van der Waals surface area contributed by atoms with Crippen molar-refractivity contribution in [3.8, 4) is 0 Å². The van der Waals surface area contributed by atoms with Crippen molar-refractivity contribution in [2.45, 2.75) is 44.9 Å². The molecule has 1 rings (SSSR count). The minimum Gasteiger partial charge on any atom is -0.414 e. The van der Waals surface area contributed by atoms with Gasteiger partial charge in [-0.2, -0.15) is 0 Å². The molecule has 1 radical (unpaired) electrons. The first-order chi connectivity index (χ1) is 6.74. The largest absolute Gasteiger partial charge is 0.414 e. The third-order valence-corrected chi connectivity index (χ3v) is 5.08. The van der Waals surface area contributed by atoms with Crippen molar-refractivity contribution < 1.29 is 9.16 Å². The van der Waals surface area contributed by atoms with Crippen molar-refractivity contribution in [2.24, 2.45) is 0 Å². The Morgan fingerprint density at radius 3 is 2.86 bits per heavy atom. The molecule has 1 aliphatic heterocycles. The third kappa shape index (κ3) is 3.94. The molecule has 0 aromatic carbocycles. The molecule has 1 saturated heterocycles. The predicted octanol–water partition coefficient (Wildman–Crippen LogP) is 2.70. The van der Waals surface area contributed by atoms with E-state index < -0.39 is 9.04 Å². The lowest BCUT2D eigenvalue weighted by molar-refractivity contribution is 0.0979. The van der Waals surface area contributed by atoms with Gasteiger partial charge in [0.15, 0.2) is 0 Å². The van der Waals surface area contributed by atoms with Crippen molar-refractivity contribution in [3.05, 3.63) is 12.2 Å². The summed E-state index contributed by atoms with van der Waals surface area (Å²) in [5, 5.41) is 0. The number of hydrogen-bond acceptors (Lipinski definition) is 2. The summed E-state index contributed by atoms with van der Waals surface area (Å²) >= 11 is 0. The van der Waals surface area contributed by atoms with E-state index in [4.69, 9.17) is 9.16 Å². The van der Waals surface area contributed by atoms with Crippen LogP contribution in [0, 0.1) is 0 Å². The van der Waals surface area contributed by atoms with Gasteiger partial charge in [-0.15, -0.1) is 0 Å². The Labute approximate surface area is 89.0 Å². The molecule has 0 aromatic rings. The van der Waals surface area contributed by atoms with Crippen LogP contribution in [0.5, 0.6) is 0 Å². The van der Waals surface area contributed by atoms with E-state index in [1.54, 1.807) is 0 Å². The Bertz CT molecular complexity index is 176. The zero-order chi connectivity index (χ0) is 10.4. The van der Waals surface area contributed by atoms with Gasteiger partial charge in [0, 0.05) is 6.61 Å². The molecular weight excluding hydrogens is 192 g/mol. The van der Waals surface area contributed by atoms with Crippen molar-refractivity contribution in [3.63, 3.8) is 0 Å². The first-order valence-corrected chi connectivity index (χ1v) is 7.17. The van der Waals surface area contributed by atoms with Crippen LogP contribution in [-0.4, -0.2) is 28.0 Å². The van der Waals surface area contributed by atoms with E-state index in [-0.39, 0.29) is 0 Å². The Morgan fingerprint density at radius 2 is 2.36 bits per heavy atom. The average molecular weight is 213 g/mol. The molecule has 0 aromatic heterocycles. The highest BCUT2D eigenvalue weighted by molar-refractivity contribution is 6.53. The molecule has 2 nitrogen and oxygen atoms in total. The van der Waals surface area contributed by atoms with Gasteiger partial charge in [0.1, 0.15) is 0 Å². The SMILES string of the molecule is C=C(C)COC(CC)[Si]1CCCCO1. The van der Waals surface area contributed by atoms with Crippen LogP contribution < -0.4 is 0 Å². The molecule has 0 spiro atoms. The second-order valence-electron chi connectivity index (χ2n) is 3.94. The lowest BCUT2D eigenvalue weighted by Gasteiger charge is -2.27. The number of rotatable bonds is 5. The molecule has 1 aliphatic rings. The van der Waals surface area contributed by atoms with Crippen molar-refractivity contribution in [1.29, 1.82) is 0 Å². The molecule has 1 fully saturated rings. The summed E-state index contributed by atoms with van der Waals surface area (Å²) in [6.07, 6.45) is 3.62. The van der Waals surface area contributed by atoms with Crippen molar-refractivity contribution >= 4 is 9.04 Å². The summed E-state index contributed by atoms with van der Waals surface area (Å²) in [5.41, 5.74) is 1.46. The van der Waals surface area contributed by atoms with E-state index in [0.717, 1.165) is 18.6 Å². The minimum absolute atomic E-state index is 0.358. The highest BCUT2D eigenvalue weighted by Crippen LogP contribution is 2.17. The molecular formula is C11H21O2Si. The monoisotopic (exact) mass is 213 g/mol. The third-order valence-electron chi connectivity index (χ3n) is 2.37. The summed E-state index contributed by atoms with van der Waals surface area (Å²) in [4.78, 5) is 0. The number of hydrogen-bond donors (Lipinski definition) is 0. The molecule has 1 unspecified atom stereocenters. The molecule has 81 valence electrons. The standard InChI is InChI=1S/C11H21O2Si/c1-4-11(12-9-10(2)3)14-8-6-5-7-13-14/h11H,2,4-9H2,1,3H3. The summed E-state index contributed by atoms with van der Waals surface area (Å²) in [5.74, 6) is 0. The second kappa shape index (κ2) is 6.38.